The van der Waals surface area contributed by atoms with E-state index in [4.69, 9.17) is 0 Å². The molecule has 0 saturated heterocycles. The summed E-state index contributed by atoms with van der Waals surface area (Å²) in [6.07, 6.45) is 7.05. The number of hydrogen-bond acceptors (Lipinski definition) is 1. The van der Waals surface area contributed by atoms with E-state index in [2.05, 4.69) is 33.1 Å². The second-order valence-electron chi connectivity index (χ2n) is 5.76. The Hall–Kier alpha value is -0.0400. The highest BCUT2D eigenvalue weighted by Crippen LogP contribution is 2.35. The van der Waals surface area contributed by atoms with Gasteiger partial charge in [-0.05, 0) is 37.6 Å². The van der Waals surface area contributed by atoms with Gasteiger partial charge in [-0.2, -0.15) is 0 Å². The van der Waals surface area contributed by atoms with Gasteiger partial charge in [-0.3, -0.25) is 0 Å². The quantitative estimate of drug-likeness (QED) is 0.690. The molecule has 0 aliphatic heterocycles. The van der Waals surface area contributed by atoms with E-state index >= 15 is 0 Å². The minimum absolute atomic E-state index is 0.499. The van der Waals surface area contributed by atoms with Crippen molar-refractivity contribution in [1.82, 2.24) is 5.32 Å². The zero-order valence-corrected chi connectivity index (χ0v) is 9.69. The molecule has 0 bridgehead atoms. The molecular weight excluding hydrogens is 158 g/mol. The van der Waals surface area contributed by atoms with Crippen LogP contribution >= 0.6 is 0 Å². The second kappa shape index (κ2) is 4.45. The van der Waals surface area contributed by atoms with Crippen LogP contribution in [0.2, 0.25) is 0 Å². The average Bonchev–Trinajstić information content (AvgIpc) is 2.79. The lowest BCUT2D eigenvalue weighted by Gasteiger charge is -2.22. The second-order valence-corrected chi connectivity index (χ2v) is 5.76. The van der Waals surface area contributed by atoms with E-state index in [9.17, 15) is 0 Å². The fraction of sp³-hybridized carbons (Fsp3) is 1.00. The summed E-state index contributed by atoms with van der Waals surface area (Å²) in [5.74, 6) is 1.05. The largest absolute Gasteiger partial charge is 0.317 e. The number of nitrogens with one attached hydrogen (secondary N) is 1. The topological polar surface area (TPSA) is 12.0 Å². The van der Waals surface area contributed by atoms with E-state index in [0.717, 1.165) is 12.0 Å². The van der Waals surface area contributed by atoms with Crippen LogP contribution in [0.15, 0.2) is 0 Å². The molecule has 1 saturated carbocycles. The molecule has 0 amide bonds. The third-order valence-corrected chi connectivity index (χ3v) is 2.97. The van der Waals surface area contributed by atoms with Gasteiger partial charge >= 0.3 is 0 Å². The number of hydrogen-bond donors (Lipinski definition) is 1. The Kier molecular flexibility index (Phi) is 3.78. The molecule has 1 aliphatic carbocycles. The van der Waals surface area contributed by atoms with Crippen LogP contribution in [0.1, 0.15) is 52.9 Å². The standard InChI is InChI=1S/C12H25N/c1-12(2,3)8-7-11(13-4)9-10-5-6-10/h10-11,13H,5-9H2,1-4H3. The SMILES string of the molecule is CNC(CCC(C)(C)C)CC1CC1. The van der Waals surface area contributed by atoms with Crippen molar-refractivity contribution in [3.63, 3.8) is 0 Å². The maximum atomic E-state index is 3.45. The predicted octanol–water partition coefficient (Wildman–Crippen LogP) is 3.20. The maximum Gasteiger partial charge on any atom is 0.00669 e. The van der Waals surface area contributed by atoms with Gasteiger partial charge in [0.1, 0.15) is 0 Å². The van der Waals surface area contributed by atoms with Crippen LogP contribution in [-0.4, -0.2) is 13.1 Å². The number of rotatable bonds is 5. The van der Waals surface area contributed by atoms with Gasteiger partial charge in [0.25, 0.3) is 0 Å². The Balaban J connectivity index is 2.14. The smallest absolute Gasteiger partial charge is 0.00669 e. The Morgan fingerprint density at radius 2 is 1.92 bits per heavy atom. The van der Waals surface area contributed by atoms with E-state index in [1.807, 2.05) is 0 Å². The first kappa shape index (κ1) is 11.0. The highest BCUT2D eigenvalue weighted by atomic mass is 14.9. The normalized spacial score (nSPS) is 20.3. The molecule has 0 aromatic heterocycles. The fourth-order valence-corrected chi connectivity index (χ4v) is 1.74. The Morgan fingerprint density at radius 1 is 1.31 bits per heavy atom. The van der Waals surface area contributed by atoms with Crippen molar-refractivity contribution in [2.45, 2.75) is 58.9 Å². The lowest BCUT2D eigenvalue weighted by atomic mass is 9.88. The van der Waals surface area contributed by atoms with Gasteiger partial charge in [0, 0.05) is 6.04 Å². The molecule has 1 atom stereocenters. The van der Waals surface area contributed by atoms with Crippen molar-refractivity contribution in [3.05, 3.63) is 0 Å². The van der Waals surface area contributed by atoms with Gasteiger partial charge in [0.05, 0.1) is 0 Å². The van der Waals surface area contributed by atoms with Gasteiger partial charge in [-0.15, -0.1) is 0 Å². The summed E-state index contributed by atoms with van der Waals surface area (Å²) in [4.78, 5) is 0. The first-order valence-electron chi connectivity index (χ1n) is 5.68. The molecule has 1 nitrogen and oxygen atoms in total. The zero-order chi connectivity index (χ0) is 9.90. The van der Waals surface area contributed by atoms with Crippen molar-refractivity contribution in [3.8, 4) is 0 Å². The molecule has 0 aromatic carbocycles. The summed E-state index contributed by atoms with van der Waals surface area (Å²) in [5.41, 5.74) is 0.499. The first-order valence-corrected chi connectivity index (χ1v) is 5.68. The monoisotopic (exact) mass is 183 g/mol. The molecular formula is C12H25N. The van der Waals surface area contributed by atoms with E-state index in [1.165, 1.54) is 32.1 Å². The minimum Gasteiger partial charge on any atom is -0.317 e. The van der Waals surface area contributed by atoms with Gasteiger partial charge < -0.3 is 5.32 Å². The van der Waals surface area contributed by atoms with Crippen molar-refractivity contribution >= 4 is 0 Å². The summed E-state index contributed by atoms with van der Waals surface area (Å²) >= 11 is 0. The van der Waals surface area contributed by atoms with Crippen LogP contribution in [0.5, 0.6) is 0 Å². The molecule has 0 spiro atoms. The summed E-state index contributed by atoms with van der Waals surface area (Å²) in [5, 5.41) is 3.45. The Labute approximate surface area is 83.3 Å². The minimum atomic E-state index is 0.499. The van der Waals surface area contributed by atoms with Crippen LogP contribution in [0, 0.1) is 11.3 Å². The van der Waals surface area contributed by atoms with Gasteiger partial charge in [0.15, 0.2) is 0 Å². The summed E-state index contributed by atoms with van der Waals surface area (Å²) in [6.45, 7) is 6.99. The van der Waals surface area contributed by atoms with E-state index in [1.54, 1.807) is 0 Å². The molecule has 1 unspecified atom stereocenters. The predicted molar refractivity (Wildman–Crippen MR) is 58.9 cm³/mol. The summed E-state index contributed by atoms with van der Waals surface area (Å²) in [6, 6.07) is 0.770. The molecule has 1 aliphatic rings. The van der Waals surface area contributed by atoms with Crippen molar-refractivity contribution in [1.29, 1.82) is 0 Å². The molecule has 1 rings (SSSR count). The summed E-state index contributed by atoms with van der Waals surface area (Å²) in [7, 11) is 2.11. The Bertz CT molecular complexity index is 142. The fourth-order valence-electron chi connectivity index (χ4n) is 1.74. The van der Waals surface area contributed by atoms with Crippen molar-refractivity contribution < 1.29 is 0 Å². The highest BCUT2D eigenvalue weighted by Gasteiger charge is 2.25. The zero-order valence-electron chi connectivity index (χ0n) is 9.69. The molecule has 78 valence electrons. The van der Waals surface area contributed by atoms with Gasteiger partial charge in [-0.1, -0.05) is 33.6 Å². The molecule has 0 aromatic rings. The lowest BCUT2D eigenvalue weighted by molar-refractivity contribution is 0.325. The van der Waals surface area contributed by atoms with Crippen LogP contribution in [0.3, 0.4) is 0 Å². The Morgan fingerprint density at radius 3 is 2.31 bits per heavy atom. The van der Waals surface area contributed by atoms with E-state index in [-0.39, 0.29) is 0 Å². The van der Waals surface area contributed by atoms with Crippen LogP contribution in [0.25, 0.3) is 0 Å². The van der Waals surface area contributed by atoms with Gasteiger partial charge in [0.2, 0.25) is 0 Å². The average molecular weight is 183 g/mol. The first-order chi connectivity index (χ1) is 6.01. The highest BCUT2D eigenvalue weighted by molar-refractivity contribution is 4.80. The maximum absolute atomic E-state index is 3.45. The molecule has 0 heterocycles. The van der Waals surface area contributed by atoms with Crippen LogP contribution in [0.4, 0.5) is 0 Å². The molecule has 1 heteroatoms. The van der Waals surface area contributed by atoms with Gasteiger partial charge in [-0.25, -0.2) is 0 Å². The van der Waals surface area contributed by atoms with Crippen LogP contribution < -0.4 is 5.32 Å². The van der Waals surface area contributed by atoms with Crippen LogP contribution in [-0.2, 0) is 0 Å². The third-order valence-electron chi connectivity index (χ3n) is 2.97. The molecule has 0 radical (unpaired) electrons. The van der Waals surface area contributed by atoms with E-state index < -0.39 is 0 Å². The molecule has 1 N–H and O–H groups in total. The van der Waals surface area contributed by atoms with Crippen molar-refractivity contribution in [2.75, 3.05) is 7.05 Å². The van der Waals surface area contributed by atoms with E-state index in [0.29, 0.717) is 5.41 Å². The molecule has 13 heavy (non-hydrogen) atoms. The summed E-state index contributed by atoms with van der Waals surface area (Å²) < 4.78 is 0. The third kappa shape index (κ3) is 5.30. The molecule has 1 fully saturated rings. The van der Waals surface area contributed by atoms with Crippen molar-refractivity contribution in [2.24, 2.45) is 11.3 Å². The lowest BCUT2D eigenvalue weighted by Crippen LogP contribution is -2.27.